The first kappa shape index (κ1) is 19.7. The second-order valence-electron chi connectivity index (χ2n) is 8.54. The maximum Gasteiger partial charge on any atom is 0.227 e. The Morgan fingerprint density at radius 2 is 1.97 bits per heavy atom. The number of nitrogens with zero attached hydrogens (tertiary/aromatic N) is 5. The number of fused-ring (bicyclic) bond motifs is 3. The number of aromatic amines is 1. The molecule has 2 saturated heterocycles. The van der Waals surface area contributed by atoms with Crippen molar-refractivity contribution in [2.45, 2.75) is 19.8 Å². The molecule has 0 saturated carbocycles. The monoisotopic (exact) mass is 428 g/mol. The molecule has 160 valence electrons. The number of piperazine rings is 1. The van der Waals surface area contributed by atoms with Gasteiger partial charge < -0.3 is 9.88 Å². The van der Waals surface area contributed by atoms with Gasteiger partial charge in [0, 0.05) is 68.1 Å². The topological polar surface area (TPSA) is 85.4 Å². The molecule has 3 aromatic rings. The lowest BCUT2D eigenvalue weighted by atomic mass is 10.0. The molecule has 1 N–H and O–H groups in total. The average molecular weight is 429 g/mol. The quantitative estimate of drug-likeness (QED) is 0.686. The lowest BCUT2D eigenvalue weighted by molar-refractivity contribution is 0.258. The van der Waals surface area contributed by atoms with E-state index in [-0.39, 0.29) is 5.88 Å². The number of rotatable bonds is 4. The third-order valence-electron chi connectivity index (χ3n) is 6.34. The molecule has 0 bridgehead atoms. The van der Waals surface area contributed by atoms with Crippen molar-refractivity contribution in [3.05, 3.63) is 30.7 Å². The first-order valence-electron chi connectivity index (χ1n) is 10.7. The van der Waals surface area contributed by atoms with Crippen molar-refractivity contribution in [1.29, 1.82) is 0 Å². The number of hydrogen-bond donors (Lipinski definition) is 1. The molecular weight excluding hydrogens is 400 g/mol. The number of hydrogen-bond acceptors (Lipinski definition) is 6. The SMILES string of the molecule is CC1CCCN(S(=O)(=O)CN2CCN(c3cc[nH]c4cnc5nccc5c34)CC2)C1. The molecule has 2 aliphatic rings. The van der Waals surface area contributed by atoms with Crippen molar-refractivity contribution in [3.8, 4) is 0 Å². The number of pyridine rings is 2. The van der Waals surface area contributed by atoms with Crippen LogP contribution in [0.2, 0.25) is 0 Å². The number of aromatic nitrogens is 3. The summed E-state index contributed by atoms with van der Waals surface area (Å²) in [5.41, 5.74) is 2.89. The second kappa shape index (κ2) is 7.79. The number of anilines is 1. The molecule has 1 unspecified atom stereocenters. The zero-order valence-corrected chi connectivity index (χ0v) is 18.1. The van der Waals surface area contributed by atoms with Crippen LogP contribution in [0, 0.1) is 5.92 Å². The fourth-order valence-corrected chi connectivity index (χ4v) is 6.50. The number of sulfonamides is 1. The summed E-state index contributed by atoms with van der Waals surface area (Å²) in [6.45, 7) is 6.51. The summed E-state index contributed by atoms with van der Waals surface area (Å²) in [4.78, 5) is 16.4. The minimum atomic E-state index is -3.23. The van der Waals surface area contributed by atoms with Crippen molar-refractivity contribution < 1.29 is 8.42 Å². The Morgan fingerprint density at radius 3 is 2.77 bits per heavy atom. The molecule has 30 heavy (non-hydrogen) atoms. The normalized spacial score (nSPS) is 22.2. The smallest absolute Gasteiger partial charge is 0.227 e. The molecule has 3 aromatic heterocycles. The van der Waals surface area contributed by atoms with E-state index in [9.17, 15) is 8.42 Å². The predicted octanol–water partition coefficient (Wildman–Crippen LogP) is 2.25. The van der Waals surface area contributed by atoms with E-state index in [1.165, 1.54) is 0 Å². The highest BCUT2D eigenvalue weighted by Gasteiger charge is 2.30. The summed E-state index contributed by atoms with van der Waals surface area (Å²) in [6.07, 6.45) is 7.64. The van der Waals surface area contributed by atoms with E-state index in [2.05, 4.69) is 37.7 Å². The summed E-state index contributed by atoms with van der Waals surface area (Å²) < 4.78 is 27.5. The maximum atomic E-state index is 12.9. The van der Waals surface area contributed by atoms with E-state index in [1.807, 2.05) is 18.5 Å². The van der Waals surface area contributed by atoms with Crippen LogP contribution < -0.4 is 4.90 Å². The summed E-state index contributed by atoms with van der Waals surface area (Å²) in [7, 11) is -3.23. The molecule has 0 radical (unpaired) electrons. The molecule has 0 spiro atoms. The fraction of sp³-hybridized carbons (Fsp3) is 0.524. The number of piperidine rings is 1. The molecule has 5 rings (SSSR count). The molecule has 2 fully saturated rings. The van der Waals surface area contributed by atoms with Crippen LogP contribution in [0.15, 0.2) is 30.7 Å². The Bertz CT molecular complexity index is 1150. The highest BCUT2D eigenvalue weighted by molar-refractivity contribution is 7.89. The van der Waals surface area contributed by atoms with Gasteiger partial charge in [-0.2, -0.15) is 0 Å². The fourth-order valence-electron chi connectivity index (χ4n) is 4.73. The van der Waals surface area contributed by atoms with E-state index < -0.39 is 10.0 Å². The van der Waals surface area contributed by atoms with Gasteiger partial charge in [0.2, 0.25) is 10.0 Å². The van der Waals surface area contributed by atoms with E-state index >= 15 is 0 Å². The molecule has 0 aliphatic carbocycles. The highest BCUT2D eigenvalue weighted by Crippen LogP contribution is 2.31. The second-order valence-corrected chi connectivity index (χ2v) is 10.5. The molecule has 0 amide bonds. The Balaban J connectivity index is 1.31. The third-order valence-corrected chi connectivity index (χ3v) is 8.15. The summed E-state index contributed by atoms with van der Waals surface area (Å²) in [5.74, 6) is 0.572. The van der Waals surface area contributed by atoms with Crippen LogP contribution in [-0.4, -0.2) is 77.7 Å². The lowest BCUT2D eigenvalue weighted by Gasteiger charge is -2.38. The lowest BCUT2D eigenvalue weighted by Crippen LogP contribution is -2.51. The van der Waals surface area contributed by atoms with Gasteiger partial charge in [-0.1, -0.05) is 6.92 Å². The van der Waals surface area contributed by atoms with Crippen molar-refractivity contribution in [2.75, 3.05) is 50.0 Å². The minimum absolute atomic E-state index is 0.123. The van der Waals surface area contributed by atoms with Gasteiger partial charge in [0.05, 0.1) is 11.7 Å². The first-order valence-corrected chi connectivity index (χ1v) is 12.3. The summed E-state index contributed by atoms with van der Waals surface area (Å²) >= 11 is 0. The first-order chi connectivity index (χ1) is 14.5. The van der Waals surface area contributed by atoms with Crippen LogP contribution in [0.1, 0.15) is 19.8 Å². The van der Waals surface area contributed by atoms with Crippen LogP contribution in [0.3, 0.4) is 0 Å². The molecule has 8 nitrogen and oxygen atoms in total. The number of H-pyrrole nitrogens is 1. The molecule has 9 heteroatoms. The van der Waals surface area contributed by atoms with Gasteiger partial charge in [0.15, 0.2) is 5.65 Å². The largest absolute Gasteiger partial charge is 0.368 e. The van der Waals surface area contributed by atoms with Crippen molar-refractivity contribution in [1.82, 2.24) is 24.2 Å². The molecule has 1 atom stereocenters. The highest BCUT2D eigenvalue weighted by atomic mass is 32.2. The number of nitrogens with one attached hydrogen (secondary N) is 1. The Kier molecular flexibility index (Phi) is 5.12. The van der Waals surface area contributed by atoms with Crippen LogP contribution in [0.4, 0.5) is 5.69 Å². The van der Waals surface area contributed by atoms with Crippen molar-refractivity contribution in [2.24, 2.45) is 5.92 Å². The van der Waals surface area contributed by atoms with Crippen LogP contribution in [-0.2, 0) is 10.0 Å². The summed E-state index contributed by atoms with van der Waals surface area (Å²) in [5, 5.41) is 2.17. The van der Waals surface area contributed by atoms with Crippen LogP contribution in [0.5, 0.6) is 0 Å². The van der Waals surface area contributed by atoms with Gasteiger partial charge in [-0.15, -0.1) is 0 Å². The van der Waals surface area contributed by atoms with Gasteiger partial charge >= 0.3 is 0 Å². The van der Waals surface area contributed by atoms with E-state index in [0.29, 0.717) is 19.0 Å². The molecule has 5 heterocycles. The summed E-state index contributed by atoms with van der Waals surface area (Å²) in [6, 6.07) is 4.10. The average Bonchev–Trinajstić information content (AvgIpc) is 3.23. The van der Waals surface area contributed by atoms with Gasteiger partial charge in [-0.05, 0) is 30.9 Å². The van der Waals surface area contributed by atoms with Gasteiger partial charge in [0.25, 0.3) is 0 Å². The van der Waals surface area contributed by atoms with Crippen LogP contribution >= 0.6 is 0 Å². The van der Waals surface area contributed by atoms with Crippen molar-refractivity contribution >= 4 is 37.6 Å². The van der Waals surface area contributed by atoms with Crippen LogP contribution in [0.25, 0.3) is 21.9 Å². The Morgan fingerprint density at radius 1 is 1.13 bits per heavy atom. The van der Waals surface area contributed by atoms with Crippen molar-refractivity contribution in [3.63, 3.8) is 0 Å². The van der Waals surface area contributed by atoms with E-state index in [4.69, 9.17) is 0 Å². The van der Waals surface area contributed by atoms with E-state index in [1.54, 1.807) is 10.5 Å². The zero-order chi connectivity index (χ0) is 20.7. The zero-order valence-electron chi connectivity index (χ0n) is 17.3. The third kappa shape index (κ3) is 3.66. The molecular formula is C21H28N6O2S. The molecule has 0 aromatic carbocycles. The standard InChI is InChI=1S/C21H28N6O2S/c1-16-3-2-8-27(14-16)30(28,29)15-25-9-11-26(12-10-25)19-5-7-22-18-13-24-21-17(20(18)19)4-6-23-21/h4-7,13,16,22H,2-3,8-12,14-15H2,1H3. The Labute approximate surface area is 176 Å². The van der Waals surface area contributed by atoms with Gasteiger partial charge in [0.1, 0.15) is 5.88 Å². The van der Waals surface area contributed by atoms with Gasteiger partial charge in [-0.25, -0.2) is 22.7 Å². The maximum absolute atomic E-state index is 12.9. The molecule has 2 aliphatic heterocycles. The Hall–Kier alpha value is -2.23. The predicted molar refractivity (Wildman–Crippen MR) is 119 cm³/mol. The van der Waals surface area contributed by atoms with E-state index in [0.717, 1.165) is 66.6 Å². The van der Waals surface area contributed by atoms with Gasteiger partial charge in [-0.3, -0.25) is 4.90 Å². The minimum Gasteiger partial charge on any atom is -0.368 e.